The van der Waals surface area contributed by atoms with Crippen LogP contribution in [0, 0.1) is 17.8 Å². The van der Waals surface area contributed by atoms with Crippen LogP contribution in [0.3, 0.4) is 0 Å². The van der Waals surface area contributed by atoms with Gasteiger partial charge in [-0.05, 0) is 30.9 Å². The van der Waals surface area contributed by atoms with E-state index in [1.54, 1.807) is 0 Å². The summed E-state index contributed by atoms with van der Waals surface area (Å²) < 4.78 is 25.4. The molecule has 3 heteroatoms. The number of thioether (sulfide) groups is 1. The van der Waals surface area contributed by atoms with Gasteiger partial charge in [-0.3, -0.25) is 0 Å². The van der Waals surface area contributed by atoms with E-state index in [0.29, 0.717) is 0 Å². The molecule has 2 saturated carbocycles. The minimum atomic E-state index is -2.32. The van der Waals surface area contributed by atoms with E-state index in [2.05, 4.69) is 6.26 Å². The molecule has 0 amide bonds. The topological polar surface area (TPSA) is 0 Å². The first-order chi connectivity index (χ1) is 6.04. The van der Waals surface area contributed by atoms with Crippen molar-refractivity contribution >= 4 is 11.8 Å². The summed E-state index contributed by atoms with van der Waals surface area (Å²) in [4.78, 5) is 0. The van der Waals surface area contributed by atoms with Crippen LogP contribution in [0.2, 0.25) is 0 Å². The molecular weight excluding hydrogens is 190 g/mol. The maximum atomic E-state index is 12.7. The van der Waals surface area contributed by atoms with Crippen LogP contribution in [0.1, 0.15) is 26.2 Å². The Kier molecular flexibility index (Phi) is 2.33. The summed E-state index contributed by atoms with van der Waals surface area (Å²) >= 11 is 1.89. The third-order valence-electron chi connectivity index (χ3n) is 3.40. The summed E-state index contributed by atoms with van der Waals surface area (Å²) in [7, 11) is 0. The largest absolute Gasteiger partial charge is 0.251 e. The maximum absolute atomic E-state index is 12.7. The maximum Gasteiger partial charge on any atom is 0.251 e. The Morgan fingerprint density at radius 3 is 2.54 bits per heavy atom. The van der Waals surface area contributed by atoms with Gasteiger partial charge in [-0.25, -0.2) is 8.78 Å². The summed E-state index contributed by atoms with van der Waals surface area (Å²) in [5.41, 5.74) is 0. The average molecular weight is 206 g/mol. The van der Waals surface area contributed by atoms with Crippen LogP contribution in [0.15, 0.2) is 0 Å². The van der Waals surface area contributed by atoms with Crippen molar-refractivity contribution in [3.63, 3.8) is 0 Å². The first-order valence-corrected chi connectivity index (χ1v) is 6.24. The Morgan fingerprint density at radius 2 is 2.15 bits per heavy atom. The zero-order valence-electron chi connectivity index (χ0n) is 8.09. The van der Waals surface area contributed by atoms with Crippen LogP contribution < -0.4 is 0 Å². The highest BCUT2D eigenvalue weighted by Gasteiger charge is 2.59. The van der Waals surface area contributed by atoms with Crippen LogP contribution in [0.25, 0.3) is 0 Å². The first kappa shape index (κ1) is 9.75. The Balaban J connectivity index is 1.72. The third-order valence-corrected chi connectivity index (χ3v) is 4.58. The number of hydrogen-bond donors (Lipinski definition) is 0. The Hall–Kier alpha value is 0.210. The molecule has 0 nitrogen and oxygen atoms in total. The van der Waals surface area contributed by atoms with E-state index < -0.39 is 5.92 Å². The van der Waals surface area contributed by atoms with Crippen LogP contribution in [0.4, 0.5) is 8.78 Å². The van der Waals surface area contributed by atoms with Gasteiger partial charge in [-0.1, -0.05) is 6.92 Å². The molecule has 2 rings (SSSR count). The average Bonchev–Trinajstić information content (AvgIpc) is 2.89. The molecule has 0 radical (unpaired) electrons. The lowest BCUT2D eigenvalue weighted by molar-refractivity contribution is 0.0849. The predicted octanol–water partition coefficient (Wildman–Crippen LogP) is 3.42. The van der Waals surface area contributed by atoms with E-state index >= 15 is 0 Å². The van der Waals surface area contributed by atoms with Crippen LogP contribution in [-0.2, 0) is 0 Å². The molecule has 2 aliphatic carbocycles. The Bertz CT molecular complexity index is 205. The van der Waals surface area contributed by atoms with Gasteiger partial charge < -0.3 is 0 Å². The van der Waals surface area contributed by atoms with Gasteiger partial charge in [0.05, 0.1) is 0 Å². The van der Waals surface area contributed by atoms with Crippen LogP contribution >= 0.6 is 11.8 Å². The van der Waals surface area contributed by atoms with Crippen molar-refractivity contribution in [3.8, 4) is 0 Å². The van der Waals surface area contributed by atoms with Crippen molar-refractivity contribution in [3.05, 3.63) is 0 Å². The predicted molar refractivity (Wildman–Crippen MR) is 52.2 cm³/mol. The molecule has 0 spiro atoms. The molecule has 0 aromatic heterocycles. The van der Waals surface area contributed by atoms with E-state index in [1.807, 2.05) is 18.7 Å². The lowest BCUT2D eigenvalue weighted by atomic mass is 9.99. The van der Waals surface area contributed by atoms with E-state index in [9.17, 15) is 8.78 Å². The van der Waals surface area contributed by atoms with Gasteiger partial charge in [0.2, 0.25) is 0 Å². The van der Waals surface area contributed by atoms with Gasteiger partial charge in [-0.2, -0.15) is 11.8 Å². The second-order valence-electron chi connectivity index (χ2n) is 4.55. The molecule has 0 saturated heterocycles. The van der Waals surface area contributed by atoms with Gasteiger partial charge >= 0.3 is 0 Å². The first-order valence-electron chi connectivity index (χ1n) is 4.95. The molecule has 76 valence electrons. The summed E-state index contributed by atoms with van der Waals surface area (Å²) in [6.45, 7) is 1.99. The van der Waals surface area contributed by atoms with E-state index in [1.165, 1.54) is 6.42 Å². The van der Waals surface area contributed by atoms with Crippen LogP contribution in [-0.4, -0.2) is 17.4 Å². The van der Waals surface area contributed by atoms with Gasteiger partial charge in [-0.15, -0.1) is 0 Å². The minimum absolute atomic E-state index is 0.144. The monoisotopic (exact) mass is 206 g/mol. The van der Waals surface area contributed by atoms with Crippen molar-refractivity contribution in [2.45, 2.75) is 37.4 Å². The van der Waals surface area contributed by atoms with Gasteiger partial charge in [0, 0.05) is 17.6 Å². The Morgan fingerprint density at radius 1 is 1.54 bits per heavy atom. The number of hydrogen-bond acceptors (Lipinski definition) is 1. The third kappa shape index (κ3) is 2.00. The number of alkyl halides is 2. The molecule has 2 aliphatic rings. The Labute approximate surface area is 82.5 Å². The highest BCUT2D eigenvalue weighted by molar-refractivity contribution is 7.99. The van der Waals surface area contributed by atoms with E-state index in [0.717, 1.165) is 17.6 Å². The van der Waals surface area contributed by atoms with E-state index in [-0.39, 0.29) is 18.3 Å². The lowest BCUT2D eigenvalue weighted by Crippen LogP contribution is -2.06. The summed E-state index contributed by atoms with van der Waals surface area (Å²) in [6, 6.07) is 0. The van der Waals surface area contributed by atoms with Gasteiger partial charge in [0.1, 0.15) is 0 Å². The second-order valence-corrected chi connectivity index (χ2v) is 5.63. The molecule has 0 bridgehead atoms. The lowest BCUT2D eigenvalue weighted by Gasteiger charge is -2.09. The summed E-state index contributed by atoms with van der Waals surface area (Å²) in [6.07, 6.45) is 4.53. The fraction of sp³-hybridized carbons (Fsp3) is 1.00. The van der Waals surface area contributed by atoms with Crippen LogP contribution in [0.5, 0.6) is 0 Å². The van der Waals surface area contributed by atoms with Gasteiger partial charge in [0.25, 0.3) is 5.92 Å². The normalized spacial score (nSPS) is 42.9. The molecule has 4 unspecified atom stereocenters. The quantitative estimate of drug-likeness (QED) is 0.679. The van der Waals surface area contributed by atoms with Gasteiger partial charge in [0.15, 0.2) is 0 Å². The zero-order valence-corrected chi connectivity index (χ0v) is 8.91. The van der Waals surface area contributed by atoms with Crippen molar-refractivity contribution in [1.82, 2.24) is 0 Å². The van der Waals surface area contributed by atoms with E-state index in [4.69, 9.17) is 0 Å². The molecule has 0 aromatic rings. The molecule has 0 N–H and O–H groups in total. The number of rotatable bonds is 4. The van der Waals surface area contributed by atoms with Crippen molar-refractivity contribution in [1.29, 1.82) is 0 Å². The minimum Gasteiger partial charge on any atom is -0.207 e. The highest BCUT2D eigenvalue weighted by Crippen LogP contribution is 2.56. The smallest absolute Gasteiger partial charge is 0.207 e. The molecule has 4 atom stereocenters. The highest BCUT2D eigenvalue weighted by atomic mass is 32.2. The number of halogens is 2. The summed E-state index contributed by atoms with van der Waals surface area (Å²) in [5, 5.41) is 0.773. The summed E-state index contributed by atoms with van der Waals surface area (Å²) in [5.74, 6) is -1.64. The molecule has 0 aliphatic heterocycles. The zero-order chi connectivity index (χ0) is 9.64. The SMILES string of the molecule is CSC1CC1CC(C)C1CC1(F)F. The van der Waals surface area contributed by atoms with Crippen molar-refractivity contribution < 1.29 is 8.78 Å². The molecule has 0 heterocycles. The molecule has 2 fully saturated rings. The molecular formula is C10H16F2S. The molecule has 13 heavy (non-hydrogen) atoms. The fourth-order valence-corrected chi connectivity index (χ4v) is 3.19. The second kappa shape index (κ2) is 3.11. The van der Waals surface area contributed by atoms with Crippen molar-refractivity contribution in [2.24, 2.45) is 17.8 Å². The fourth-order valence-electron chi connectivity index (χ4n) is 2.25. The molecule has 0 aromatic carbocycles. The standard InChI is InChI=1S/C10H16F2S/c1-6(8-5-10(8,11)12)3-7-4-9(7)13-2/h6-9H,3-5H2,1-2H3. The van der Waals surface area contributed by atoms with Crippen molar-refractivity contribution in [2.75, 3.05) is 6.26 Å².